The van der Waals surface area contributed by atoms with Crippen molar-refractivity contribution >= 4 is 0 Å². The minimum absolute atomic E-state index is 0.179. The third-order valence-electron chi connectivity index (χ3n) is 3.75. The van der Waals surface area contributed by atoms with Gasteiger partial charge in [-0.1, -0.05) is 18.2 Å². The third kappa shape index (κ3) is 2.62. The zero-order chi connectivity index (χ0) is 13.9. The summed E-state index contributed by atoms with van der Waals surface area (Å²) in [5, 5.41) is 4.57. The molecule has 3 rings (SSSR count). The summed E-state index contributed by atoms with van der Waals surface area (Å²) in [4.78, 5) is 2.19. The highest BCUT2D eigenvalue weighted by molar-refractivity contribution is 5.36. The van der Waals surface area contributed by atoms with Gasteiger partial charge in [0.15, 0.2) is 0 Å². The van der Waals surface area contributed by atoms with Crippen LogP contribution in [0.4, 0.5) is 0 Å². The molecule has 0 saturated carbocycles. The third-order valence-corrected chi connectivity index (χ3v) is 3.75. The molecule has 1 atom stereocenters. The molecule has 2 heterocycles. The molecule has 1 aliphatic heterocycles. The van der Waals surface area contributed by atoms with Crippen molar-refractivity contribution < 1.29 is 4.74 Å². The number of fused-ring (bicyclic) bond motifs is 1. The molecule has 0 saturated heterocycles. The Labute approximate surface area is 120 Å². The lowest BCUT2D eigenvalue weighted by atomic mass is 10.0. The maximum absolute atomic E-state index is 5.92. The molecular weight excluding hydrogens is 250 g/mol. The first-order chi connectivity index (χ1) is 9.75. The molecule has 0 radical (unpaired) electrons. The van der Waals surface area contributed by atoms with Crippen LogP contribution in [0.25, 0.3) is 5.69 Å². The quantitative estimate of drug-likeness (QED) is 0.855. The van der Waals surface area contributed by atoms with Crippen LogP contribution in [-0.2, 0) is 11.2 Å². The van der Waals surface area contributed by atoms with Gasteiger partial charge in [0.05, 0.1) is 30.3 Å². The van der Waals surface area contributed by atoms with Gasteiger partial charge in [-0.2, -0.15) is 5.10 Å². The van der Waals surface area contributed by atoms with E-state index < -0.39 is 0 Å². The first-order valence-electron chi connectivity index (χ1n) is 7.14. The van der Waals surface area contributed by atoms with Gasteiger partial charge in [0.25, 0.3) is 0 Å². The standard InChI is InChI=1S/C16H21N3O/c1-18(2)10-8-16-14-12-17-19(15(14)9-11-20-16)13-6-4-3-5-7-13/h3-7,12,16H,8-11H2,1-2H3. The Bertz CT molecular complexity index is 562. The zero-order valence-electron chi connectivity index (χ0n) is 12.1. The van der Waals surface area contributed by atoms with E-state index >= 15 is 0 Å². The molecule has 106 valence electrons. The monoisotopic (exact) mass is 271 g/mol. The largest absolute Gasteiger partial charge is 0.373 e. The first-order valence-corrected chi connectivity index (χ1v) is 7.14. The summed E-state index contributed by atoms with van der Waals surface area (Å²) in [7, 11) is 4.19. The van der Waals surface area contributed by atoms with E-state index in [-0.39, 0.29) is 6.10 Å². The van der Waals surface area contributed by atoms with Gasteiger partial charge in [-0.15, -0.1) is 0 Å². The number of rotatable bonds is 4. The molecule has 0 N–H and O–H groups in total. The van der Waals surface area contributed by atoms with E-state index in [9.17, 15) is 0 Å². The molecule has 0 spiro atoms. The Morgan fingerprint density at radius 1 is 1.30 bits per heavy atom. The second kappa shape index (κ2) is 5.77. The summed E-state index contributed by atoms with van der Waals surface area (Å²) in [5.74, 6) is 0. The van der Waals surface area contributed by atoms with Crippen LogP contribution in [0.5, 0.6) is 0 Å². The molecule has 0 amide bonds. The van der Waals surface area contributed by atoms with Gasteiger partial charge < -0.3 is 9.64 Å². The number of benzene rings is 1. The summed E-state index contributed by atoms with van der Waals surface area (Å²) >= 11 is 0. The van der Waals surface area contributed by atoms with E-state index in [1.165, 1.54) is 11.3 Å². The number of aromatic nitrogens is 2. The maximum Gasteiger partial charge on any atom is 0.0870 e. The Balaban J connectivity index is 1.87. The minimum Gasteiger partial charge on any atom is -0.373 e. The summed E-state index contributed by atoms with van der Waals surface area (Å²) in [6.07, 6.45) is 4.10. The highest BCUT2D eigenvalue weighted by Gasteiger charge is 2.25. The Morgan fingerprint density at radius 3 is 2.85 bits per heavy atom. The second-order valence-corrected chi connectivity index (χ2v) is 5.50. The molecule has 4 heteroatoms. The van der Waals surface area contributed by atoms with E-state index in [1.54, 1.807) is 0 Å². The average molecular weight is 271 g/mol. The highest BCUT2D eigenvalue weighted by Crippen LogP contribution is 2.30. The van der Waals surface area contributed by atoms with Crippen LogP contribution >= 0.6 is 0 Å². The van der Waals surface area contributed by atoms with Gasteiger partial charge in [0.1, 0.15) is 0 Å². The topological polar surface area (TPSA) is 30.3 Å². The van der Waals surface area contributed by atoms with Gasteiger partial charge in [-0.25, -0.2) is 4.68 Å². The molecule has 20 heavy (non-hydrogen) atoms. The number of ether oxygens (including phenoxy) is 1. The fraction of sp³-hybridized carbons (Fsp3) is 0.438. The van der Waals surface area contributed by atoms with Crippen LogP contribution in [0.15, 0.2) is 36.5 Å². The van der Waals surface area contributed by atoms with Gasteiger partial charge >= 0.3 is 0 Å². The minimum atomic E-state index is 0.179. The SMILES string of the molecule is CN(C)CCC1OCCc2c1cnn2-c1ccccc1. The van der Waals surface area contributed by atoms with Crippen molar-refractivity contribution in [1.29, 1.82) is 0 Å². The smallest absolute Gasteiger partial charge is 0.0870 e. The molecule has 0 bridgehead atoms. The van der Waals surface area contributed by atoms with Gasteiger partial charge in [0.2, 0.25) is 0 Å². The van der Waals surface area contributed by atoms with Crippen LogP contribution < -0.4 is 0 Å². The molecular formula is C16H21N3O. The zero-order valence-corrected chi connectivity index (χ0v) is 12.1. The molecule has 1 unspecified atom stereocenters. The summed E-state index contributed by atoms with van der Waals surface area (Å²) < 4.78 is 7.98. The normalized spacial score (nSPS) is 18.2. The Kier molecular flexibility index (Phi) is 3.85. The van der Waals surface area contributed by atoms with Crippen LogP contribution in [0.2, 0.25) is 0 Å². The number of para-hydroxylation sites is 1. The van der Waals surface area contributed by atoms with Gasteiger partial charge in [-0.3, -0.25) is 0 Å². The number of nitrogens with zero attached hydrogens (tertiary/aromatic N) is 3. The van der Waals surface area contributed by atoms with Crippen molar-refractivity contribution in [3.8, 4) is 5.69 Å². The lowest BCUT2D eigenvalue weighted by molar-refractivity contribution is 0.0314. The molecule has 2 aromatic rings. The summed E-state index contributed by atoms with van der Waals surface area (Å²) in [6, 6.07) is 10.3. The first kappa shape index (κ1) is 13.3. The van der Waals surface area contributed by atoms with Crippen LogP contribution in [0.3, 0.4) is 0 Å². The lowest BCUT2D eigenvalue weighted by Crippen LogP contribution is -2.22. The second-order valence-electron chi connectivity index (χ2n) is 5.50. The fourth-order valence-corrected chi connectivity index (χ4v) is 2.70. The summed E-state index contributed by atoms with van der Waals surface area (Å²) in [5.41, 5.74) is 3.68. The van der Waals surface area contributed by atoms with Gasteiger partial charge in [-0.05, 0) is 32.6 Å². The van der Waals surface area contributed by atoms with Crippen molar-refractivity contribution in [3.63, 3.8) is 0 Å². The lowest BCUT2D eigenvalue weighted by Gasteiger charge is -2.25. The Morgan fingerprint density at radius 2 is 2.10 bits per heavy atom. The van der Waals surface area contributed by atoms with Crippen LogP contribution in [0.1, 0.15) is 23.8 Å². The van der Waals surface area contributed by atoms with Crippen molar-refractivity contribution in [2.45, 2.75) is 18.9 Å². The summed E-state index contributed by atoms with van der Waals surface area (Å²) in [6.45, 7) is 1.81. The van der Waals surface area contributed by atoms with Crippen molar-refractivity contribution in [2.24, 2.45) is 0 Å². The van der Waals surface area contributed by atoms with Gasteiger partial charge in [0, 0.05) is 18.5 Å². The van der Waals surface area contributed by atoms with E-state index in [1.807, 2.05) is 24.4 Å². The average Bonchev–Trinajstić information content (AvgIpc) is 2.90. The van der Waals surface area contributed by atoms with E-state index in [4.69, 9.17) is 4.74 Å². The molecule has 0 fully saturated rings. The van der Waals surface area contributed by atoms with Crippen molar-refractivity contribution in [1.82, 2.24) is 14.7 Å². The van der Waals surface area contributed by atoms with Crippen molar-refractivity contribution in [3.05, 3.63) is 47.8 Å². The Hall–Kier alpha value is -1.65. The fourth-order valence-electron chi connectivity index (χ4n) is 2.70. The number of hydrogen-bond acceptors (Lipinski definition) is 3. The van der Waals surface area contributed by atoms with Crippen molar-refractivity contribution in [2.75, 3.05) is 27.2 Å². The number of hydrogen-bond donors (Lipinski definition) is 0. The molecule has 4 nitrogen and oxygen atoms in total. The van der Waals surface area contributed by atoms with Crippen LogP contribution in [-0.4, -0.2) is 41.9 Å². The molecule has 1 aromatic heterocycles. The predicted molar refractivity (Wildman–Crippen MR) is 79.1 cm³/mol. The van der Waals surface area contributed by atoms with Crippen LogP contribution in [0, 0.1) is 0 Å². The highest BCUT2D eigenvalue weighted by atomic mass is 16.5. The predicted octanol–water partition coefficient (Wildman–Crippen LogP) is 2.44. The molecule has 0 aliphatic carbocycles. The maximum atomic E-state index is 5.92. The van der Waals surface area contributed by atoms with E-state index in [0.29, 0.717) is 0 Å². The van der Waals surface area contributed by atoms with E-state index in [2.05, 4.69) is 40.9 Å². The molecule has 1 aromatic carbocycles. The molecule has 1 aliphatic rings. The van der Waals surface area contributed by atoms with E-state index in [0.717, 1.165) is 31.7 Å².